The molecule has 1 amide bonds. The van der Waals surface area contributed by atoms with E-state index in [1.165, 1.54) is 70.6 Å². The number of carbonyl (C=O) groups excluding carboxylic acids is 1. The van der Waals surface area contributed by atoms with E-state index in [2.05, 4.69) is 92.1 Å². The molecule has 0 heterocycles. The first-order valence-electron chi connectivity index (χ1n) is 19.3. The minimum Gasteiger partial charge on any atom is -0.394 e. The molecule has 2 atom stereocenters. The van der Waals surface area contributed by atoms with Gasteiger partial charge in [-0.1, -0.05) is 157 Å². The zero-order chi connectivity index (χ0) is 34.3. The number of aliphatic hydroxyl groups excluding tert-OH is 2. The van der Waals surface area contributed by atoms with Gasteiger partial charge in [-0.25, -0.2) is 0 Å². The van der Waals surface area contributed by atoms with Gasteiger partial charge in [-0.15, -0.1) is 0 Å². The van der Waals surface area contributed by atoms with E-state index in [0.29, 0.717) is 6.42 Å². The molecule has 0 aromatic rings. The molecule has 0 radical (unpaired) electrons. The van der Waals surface area contributed by atoms with Gasteiger partial charge >= 0.3 is 0 Å². The second-order valence-electron chi connectivity index (χ2n) is 12.6. The van der Waals surface area contributed by atoms with E-state index in [4.69, 9.17) is 0 Å². The van der Waals surface area contributed by atoms with Crippen LogP contribution in [0.4, 0.5) is 0 Å². The van der Waals surface area contributed by atoms with Gasteiger partial charge in [-0.3, -0.25) is 4.79 Å². The Morgan fingerprint density at radius 2 is 0.957 bits per heavy atom. The average Bonchev–Trinajstić information content (AvgIpc) is 3.07. The molecule has 3 N–H and O–H groups in total. The van der Waals surface area contributed by atoms with E-state index in [1.54, 1.807) is 6.08 Å². The molecule has 0 saturated carbocycles. The topological polar surface area (TPSA) is 69.6 Å². The molecule has 4 heteroatoms. The maximum absolute atomic E-state index is 12.3. The number of amides is 1. The lowest BCUT2D eigenvalue weighted by Gasteiger charge is -2.19. The highest BCUT2D eigenvalue weighted by Crippen LogP contribution is 2.12. The van der Waals surface area contributed by atoms with Crippen LogP contribution in [0, 0.1) is 0 Å². The first-order chi connectivity index (χ1) is 23.2. The maximum Gasteiger partial charge on any atom is 0.220 e. The molecule has 0 aromatic heterocycles. The molecule has 4 nitrogen and oxygen atoms in total. The lowest BCUT2D eigenvalue weighted by molar-refractivity contribution is -0.123. The molecule has 0 aliphatic carbocycles. The number of carbonyl (C=O) groups is 1. The number of rotatable bonds is 33. The fraction of sp³-hybridized carbons (Fsp3) is 0.651. The number of hydrogen-bond acceptors (Lipinski definition) is 3. The Bertz CT molecular complexity index is 879. The van der Waals surface area contributed by atoms with Crippen molar-refractivity contribution in [1.82, 2.24) is 5.32 Å². The van der Waals surface area contributed by atoms with Crippen LogP contribution in [0.5, 0.6) is 0 Å². The zero-order valence-electron chi connectivity index (χ0n) is 30.5. The van der Waals surface area contributed by atoms with Crippen LogP contribution in [-0.2, 0) is 4.79 Å². The van der Waals surface area contributed by atoms with Crippen molar-refractivity contribution in [2.24, 2.45) is 0 Å². The van der Waals surface area contributed by atoms with Crippen molar-refractivity contribution in [1.29, 1.82) is 0 Å². The molecule has 0 aromatic carbocycles. The SMILES string of the molecule is CC/C=C\C/C=C\C/C=C\C/C=C\CCCCC(=O)NC(CO)C(O)/C=C/CC/C=C/CC/C=C/CCCCCCCCCCCC. The number of allylic oxidation sites excluding steroid dienone is 13. The third kappa shape index (κ3) is 34.7. The minimum absolute atomic E-state index is 0.123. The third-order valence-corrected chi connectivity index (χ3v) is 8.09. The van der Waals surface area contributed by atoms with E-state index >= 15 is 0 Å². The largest absolute Gasteiger partial charge is 0.394 e. The van der Waals surface area contributed by atoms with Crippen molar-refractivity contribution >= 4 is 5.91 Å². The van der Waals surface area contributed by atoms with E-state index in [0.717, 1.165) is 70.6 Å². The Labute approximate surface area is 291 Å². The van der Waals surface area contributed by atoms with Crippen LogP contribution < -0.4 is 5.32 Å². The second kappa shape index (κ2) is 38.0. The first kappa shape index (κ1) is 44.6. The summed E-state index contributed by atoms with van der Waals surface area (Å²) in [6, 6.07) is -0.671. The van der Waals surface area contributed by atoms with Gasteiger partial charge in [-0.05, 0) is 83.5 Å². The monoisotopic (exact) mass is 652 g/mol. The number of nitrogens with one attached hydrogen (secondary N) is 1. The predicted molar refractivity (Wildman–Crippen MR) is 207 cm³/mol. The van der Waals surface area contributed by atoms with Crippen LogP contribution in [0.1, 0.15) is 162 Å². The molecule has 0 aliphatic heterocycles. The van der Waals surface area contributed by atoms with Crippen LogP contribution >= 0.6 is 0 Å². The van der Waals surface area contributed by atoms with Gasteiger partial charge < -0.3 is 15.5 Å². The summed E-state index contributed by atoms with van der Waals surface area (Å²) in [6.45, 7) is 4.14. The lowest BCUT2D eigenvalue weighted by Crippen LogP contribution is -2.45. The molecule has 0 rings (SSSR count). The summed E-state index contributed by atoms with van der Waals surface area (Å²) in [7, 11) is 0. The lowest BCUT2D eigenvalue weighted by atomic mass is 10.1. The summed E-state index contributed by atoms with van der Waals surface area (Å²) in [5.41, 5.74) is 0. The van der Waals surface area contributed by atoms with Crippen LogP contribution in [0.15, 0.2) is 85.1 Å². The number of unbranched alkanes of at least 4 members (excludes halogenated alkanes) is 14. The molecule has 268 valence electrons. The summed E-state index contributed by atoms with van der Waals surface area (Å²) in [6.07, 6.45) is 55.3. The normalized spacial score (nSPS) is 14.0. The fourth-order valence-corrected chi connectivity index (χ4v) is 5.14. The van der Waals surface area contributed by atoms with Crippen LogP contribution in [-0.4, -0.2) is 34.9 Å². The van der Waals surface area contributed by atoms with Gasteiger partial charge in [0.2, 0.25) is 5.91 Å². The van der Waals surface area contributed by atoms with Crippen molar-refractivity contribution in [2.75, 3.05) is 6.61 Å². The molecular formula is C43H73NO3. The smallest absolute Gasteiger partial charge is 0.220 e. The van der Waals surface area contributed by atoms with Crippen molar-refractivity contribution in [3.8, 4) is 0 Å². The summed E-state index contributed by atoms with van der Waals surface area (Å²) in [4.78, 5) is 12.3. The van der Waals surface area contributed by atoms with Crippen molar-refractivity contribution in [3.05, 3.63) is 85.1 Å². The molecule has 0 aliphatic rings. The summed E-state index contributed by atoms with van der Waals surface area (Å²) in [5.74, 6) is -0.123. The van der Waals surface area contributed by atoms with Crippen molar-refractivity contribution in [2.45, 2.75) is 174 Å². The molecule has 0 saturated heterocycles. The minimum atomic E-state index is -0.891. The summed E-state index contributed by atoms with van der Waals surface area (Å²) >= 11 is 0. The Kier molecular flexibility index (Phi) is 36.1. The number of aliphatic hydroxyl groups is 2. The molecule has 0 fully saturated rings. The van der Waals surface area contributed by atoms with Gasteiger partial charge in [0.05, 0.1) is 18.8 Å². The van der Waals surface area contributed by atoms with E-state index in [9.17, 15) is 15.0 Å². The Balaban J connectivity index is 3.79. The van der Waals surface area contributed by atoms with E-state index in [1.807, 2.05) is 6.08 Å². The van der Waals surface area contributed by atoms with Crippen LogP contribution in [0.25, 0.3) is 0 Å². The molecule has 0 spiro atoms. The molecular weight excluding hydrogens is 578 g/mol. The predicted octanol–water partition coefficient (Wildman–Crippen LogP) is 11.7. The van der Waals surface area contributed by atoms with Gasteiger partial charge in [0.25, 0.3) is 0 Å². The maximum atomic E-state index is 12.3. The highest BCUT2D eigenvalue weighted by Gasteiger charge is 2.17. The van der Waals surface area contributed by atoms with Gasteiger partial charge in [-0.2, -0.15) is 0 Å². The van der Waals surface area contributed by atoms with Crippen molar-refractivity contribution < 1.29 is 15.0 Å². The highest BCUT2D eigenvalue weighted by atomic mass is 16.3. The Hall–Kier alpha value is -2.43. The summed E-state index contributed by atoms with van der Waals surface area (Å²) in [5, 5.41) is 22.9. The van der Waals surface area contributed by atoms with Crippen molar-refractivity contribution in [3.63, 3.8) is 0 Å². The van der Waals surface area contributed by atoms with Gasteiger partial charge in [0, 0.05) is 6.42 Å². The molecule has 0 bridgehead atoms. The summed E-state index contributed by atoms with van der Waals surface area (Å²) < 4.78 is 0. The second-order valence-corrected chi connectivity index (χ2v) is 12.6. The zero-order valence-corrected chi connectivity index (χ0v) is 30.5. The Morgan fingerprint density at radius 1 is 0.532 bits per heavy atom. The highest BCUT2D eigenvalue weighted by molar-refractivity contribution is 5.76. The average molecular weight is 652 g/mol. The number of hydrogen-bond donors (Lipinski definition) is 3. The first-order valence-corrected chi connectivity index (χ1v) is 19.3. The third-order valence-electron chi connectivity index (χ3n) is 8.09. The van der Waals surface area contributed by atoms with Crippen LogP contribution in [0.2, 0.25) is 0 Å². The van der Waals surface area contributed by atoms with Gasteiger partial charge in [0.15, 0.2) is 0 Å². The molecule has 47 heavy (non-hydrogen) atoms. The molecule has 2 unspecified atom stereocenters. The standard InChI is InChI=1S/C43H73NO3/c1-3-5-7-9-11-13-15-17-19-20-21-22-23-25-26-28-30-32-34-36-38-42(46)41(40-45)44-43(47)39-37-35-33-31-29-27-24-18-16-14-12-10-8-6-4-2/h6,8,12,14,18,22-24,28-31,36,38,41-42,45-46H,3-5,7,9-11,13,15-17,19-21,25-27,32-35,37,39-40H2,1-2H3,(H,44,47)/b8-6-,14-12-,23-22+,24-18-,30-28+,31-29-,38-36+. The Morgan fingerprint density at radius 3 is 1.49 bits per heavy atom. The quantitative estimate of drug-likeness (QED) is 0.0488. The van der Waals surface area contributed by atoms with Crippen LogP contribution in [0.3, 0.4) is 0 Å². The van der Waals surface area contributed by atoms with E-state index < -0.39 is 12.1 Å². The van der Waals surface area contributed by atoms with E-state index in [-0.39, 0.29) is 12.5 Å². The fourth-order valence-electron chi connectivity index (χ4n) is 5.14. The van der Waals surface area contributed by atoms with Gasteiger partial charge in [0.1, 0.15) is 0 Å².